The normalized spacial score (nSPS) is 17.9. The quantitative estimate of drug-likeness (QED) is 0.522. The zero-order valence-electron chi connectivity index (χ0n) is 13.6. The van der Waals surface area contributed by atoms with Crippen molar-refractivity contribution in [1.29, 1.82) is 0 Å². The molecule has 0 fully saturated rings. The summed E-state index contributed by atoms with van der Waals surface area (Å²) in [6.45, 7) is 0. The number of carbonyl (C=O) groups excluding carboxylic acids is 1. The van der Waals surface area contributed by atoms with Crippen LogP contribution >= 0.6 is 23.2 Å². The Morgan fingerprint density at radius 3 is 2.64 bits per heavy atom. The lowest BCUT2D eigenvalue weighted by Crippen LogP contribution is -2.14. The number of nitrogens with zero attached hydrogens (tertiary/aromatic N) is 1. The summed E-state index contributed by atoms with van der Waals surface area (Å²) in [7, 11) is 0. The molecule has 0 N–H and O–H groups in total. The first-order valence-electron chi connectivity index (χ1n) is 8.50. The molecule has 25 heavy (non-hydrogen) atoms. The predicted molar refractivity (Wildman–Crippen MR) is 96.7 cm³/mol. The molecule has 4 nitrogen and oxygen atoms in total. The van der Waals surface area contributed by atoms with E-state index in [1.165, 1.54) is 11.6 Å². The Morgan fingerprint density at radius 1 is 1.00 bits per heavy atom. The van der Waals surface area contributed by atoms with Crippen molar-refractivity contribution < 1.29 is 14.0 Å². The molecule has 0 radical (unpaired) electrons. The number of fused-ring (bicyclic) bond motifs is 3. The number of aryl methyl sites for hydroxylation is 2. The number of oxime groups is 1. The molecule has 0 unspecified atom stereocenters. The SMILES string of the molecule is O=C(ON=C1CCCc2oc3c(c21)CCCC3)c1ccc(Cl)c(Cl)c1. The first kappa shape index (κ1) is 16.7. The highest BCUT2D eigenvalue weighted by Gasteiger charge is 2.28. The second-order valence-corrected chi connectivity index (χ2v) is 7.22. The molecular weight excluding hydrogens is 361 g/mol. The second-order valence-electron chi connectivity index (χ2n) is 6.41. The average Bonchev–Trinajstić information content (AvgIpc) is 3.01. The minimum Gasteiger partial charge on any atom is -0.465 e. The highest BCUT2D eigenvalue weighted by molar-refractivity contribution is 6.42. The fourth-order valence-electron chi connectivity index (χ4n) is 3.54. The van der Waals surface area contributed by atoms with Gasteiger partial charge in [-0.05, 0) is 50.3 Å². The number of carbonyl (C=O) groups is 1. The summed E-state index contributed by atoms with van der Waals surface area (Å²) in [6.07, 6.45) is 6.97. The van der Waals surface area contributed by atoms with Crippen molar-refractivity contribution in [3.8, 4) is 0 Å². The molecule has 1 aromatic carbocycles. The van der Waals surface area contributed by atoms with Crippen LogP contribution in [-0.4, -0.2) is 11.7 Å². The zero-order valence-corrected chi connectivity index (χ0v) is 15.1. The van der Waals surface area contributed by atoms with E-state index < -0.39 is 5.97 Å². The average molecular weight is 378 g/mol. The predicted octanol–water partition coefficient (Wildman–Crippen LogP) is 5.36. The summed E-state index contributed by atoms with van der Waals surface area (Å²) in [5.74, 6) is 1.53. The van der Waals surface area contributed by atoms with Gasteiger partial charge in [0, 0.05) is 24.0 Å². The Labute approximate surface area is 155 Å². The maximum atomic E-state index is 12.2. The topological polar surface area (TPSA) is 51.8 Å². The van der Waals surface area contributed by atoms with Gasteiger partial charge in [-0.1, -0.05) is 28.4 Å². The zero-order chi connectivity index (χ0) is 17.4. The number of furan rings is 1. The van der Waals surface area contributed by atoms with Crippen LogP contribution in [0.1, 0.15) is 58.7 Å². The highest BCUT2D eigenvalue weighted by atomic mass is 35.5. The Balaban J connectivity index is 1.60. The molecule has 0 spiro atoms. The molecule has 0 amide bonds. The smallest absolute Gasteiger partial charge is 0.365 e. The van der Waals surface area contributed by atoms with Crippen LogP contribution in [0.2, 0.25) is 10.0 Å². The lowest BCUT2D eigenvalue weighted by atomic mass is 9.88. The first-order valence-corrected chi connectivity index (χ1v) is 9.26. The summed E-state index contributed by atoms with van der Waals surface area (Å²) in [5, 5.41) is 4.87. The van der Waals surface area contributed by atoms with Gasteiger partial charge in [-0.25, -0.2) is 4.79 Å². The number of hydrogen-bond acceptors (Lipinski definition) is 4. The molecule has 6 heteroatoms. The Hall–Kier alpha value is -1.78. The van der Waals surface area contributed by atoms with E-state index in [-0.39, 0.29) is 0 Å². The molecule has 0 aliphatic heterocycles. The third-order valence-corrected chi connectivity index (χ3v) is 5.48. The number of benzene rings is 1. The minimum absolute atomic E-state index is 0.313. The second kappa shape index (κ2) is 6.85. The van der Waals surface area contributed by atoms with Crippen LogP contribution in [0, 0.1) is 0 Å². The van der Waals surface area contributed by atoms with Gasteiger partial charge in [0.05, 0.1) is 21.3 Å². The molecule has 130 valence electrons. The third kappa shape index (κ3) is 3.21. The molecule has 1 heterocycles. The molecule has 2 aliphatic carbocycles. The van der Waals surface area contributed by atoms with Crippen LogP contribution < -0.4 is 0 Å². The summed E-state index contributed by atoms with van der Waals surface area (Å²) >= 11 is 11.8. The Bertz CT molecular complexity index is 870. The van der Waals surface area contributed by atoms with E-state index in [2.05, 4.69) is 5.16 Å². The lowest BCUT2D eigenvalue weighted by Gasteiger charge is -2.15. The number of hydrogen-bond donors (Lipinski definition) is 0. The highest BCUT2D eigenvalue weighted by Crippen LogP contribution is 2.34. The largest absolute Gasteiger partial charge is 0.465 e. The van der Waals surface area contributed by atoms with Gasteiger partial charge >= 0.3 is 5.97 Å². The van der Waals surface area contributed by atoms with E-state index in [4.69, 9.17) is 32.5 Å². The van der Waals surface area contributed by atoms with E-state index in [1.807, 2.05) is 0 Å². The fraction of sp³-hybridized carbons (Fsp3) is 0.368. The van der Waals surface area contributed by atoms with Crippen LogP contribution in [0.4, 0.5) is 0 Å². The molecule has 0 bridgehead atoms. The summed E-state index contributed by atoms with van der Waals surface area (Å²) in [6, 6.07) is 4.62. The van der Waals surface area contributed by atoms with E-state index in [0.717, 1.165) is 67.7 Å². The summed E-state index contributed by atoms with van der Waals surface area (Å²) in [5.41, 5.74) is 3.46. The third-order valence-electron chi connectivity index (χ3n) is 4.74. The molecule has 0 atom stereocenters. The molecular formula is C19H17Cl2NO3. The minimum atomic E-state index is -0.546. The summed E-state index contributed by atoms with van der Waals surface area (Å²) < 4.78 is 6.03. The van der Waals surface area contributed by atoms with Gasteiger partial charge in [0.15, 0.2) is 0 Å². The van der Waals surface area contributed by atoms with Crippen molar-refractivity contribution in [2.45, 2.75) is 44.9 Å². The van der Waals surface area contributed by atoms with Crippen molar-refractivity contribution in [3.05, 3.63) is 56.5 Å². The number of rotatable bonds is 2. The molecule has 0 saturated heterocycles. The van der Waals surface area contributed by atoms with Gasteiger partial charge in [0.2, 0.25) is 0 Å². The molecule has 0 saturated carbocycles. The van der Waals surface area contributed by atoms with Gasteiger partial charge in [-0.2, -0.15) is 0 Å². The van der Waals surface area contributed by atoms with Gasteiger partial charge < -0.3 is 9.25 Å². The Morgan fingerprint density at radius 2 is 1.80 bits per heavy atom. The number of halogens is 2. The van der Waals surface area contributed by atoms with Crippen LogP contribution in [0.25, 0.3) is 0 Å². The fourth-order valence-corrected chi connectivity index (χ4v) is 3.84. The van der Waals surface area contributed by atoms with Crippen molar-refractivity contribution >= 4 is 34.9 Å². The van der Waals surface area contributed by atoms with E-state index in [9.17, 15) is 4.79 Å². The molecule has 2 aliphatic rings. The molecule has 4 rings (SSSR count). The summed E-state index contributed by atoms with van der Waals surface area (Å²) in [4.78, 5) is 17.4. The van der Waals surface area contributed by atoms with Crippen LogP contribution in [0.15, 0.2) is 27.8 Å². The van der Waals surface area contributed by atoms with E-state index in [1.54, 1.807) is 12.1 Å². The van der Waals surface area contributed by atoms with Crippen molar-refractivity contribution in [1.82, 2.24) is 0 Å². The van der Waals surface area contributed by atoms with Crippen LogP contribution in [0.3, 0.4) is 0 Å². The lowest BCUT2D eigenvalue weighted by molar-refractivity contribution is 0.0515. The van der Waals surface area contributed by atoms with Gasteiger partial charge in [0.1, 0.15) is 11.5 Å². The van der Waals surface area contributed by atoms with E-state index in [0.29, 0.717) is 15.6 Å². The van der Waals surface area contributed by atoms with Gasteiger partial charge in [0.25, 0.3) is 0 Å². The maximum absolute atomic E-state index is 12.2. The van der Waals surface area contributed by atoms with E-state index >= 15 is 0 Å². The Kier molecular flexibility index (Phi) is 4.57. The van der Waals surface area contributed by atoms with Gasteiger partial charge in [-0.15, -0.1) is 0 Å². The van der Waals surface area contributed by atoms with Crippen LogP contribution in [0.5, 0.6) is 0 Å². The van der Waals surface area contributed by atoms with Crippen LogP contribution in [-0.2, 0) is 24.1 Å². The maximum Gasteiger partial charge on any atom is 0.365 e. The van der Waals surface area contributed by atoms with Crippen molar-refractivity contribution in [2.24, 2.45) is 5.16 Å². The van der Waals surface area contributed by atoms with Gasteiger partial charge in [-0.3, -0.25) is 0 Å². The van der Waals surface area contributed by atoms with Crippen molar-refractivity contribution in [2.75, 3.05) is 0 Å². The molecule has 2 aromatic rings. The van der Waals surface area contributed by atoms with Crippen molar-refractivity contribution in [3.63, 3.8) is 0 Å². The molecule has 1 aromatic heterocycles. The standard InChI is InChI=1S/C19H17Cl2NO3/c20-13-9-8-11(10-14(13)21)19(23)25-22-15-5-3-7-17-18(15)12-4-1-2-6-16(12)24-17/h8-10H,1-7H2. The first-order chi connectivity index (χ1) is 12.1. The monoisotopic (exact) mass is 377 g/mol.